The van der Waals surface area contributed by atoms with Crippen LogP contribution in [0.3, 0.4) is 0 Å². The van der Waals surface area contributed by atoms with Gasteiger partial charge in [0.2, 0.25) is 5.82 Å². The number of aromatic nitrogens is 6. The minimum atomic E-state index is -1.12. The van der Waals surface area contributed by atoms with Crippen LogP contribution in [0.2, 0.25) is 0 Å². The average Bonchev–Trinajstić information content (AvgIpc) is 3.80. The summed E-state index contributed by atoms with van der Waals surface area (Å²) in [5, 5.41) is 64.0. The lowest BCUT2D eigenvalue weighted by Crippen LogP contribution is -2.34. The van der Waals surface area contributed by atoms with E-state index in [1.165, 1.54) is 10.8 Å². The molecule has 3 fully saturated rings. The fourth-order valence-electron chi connectivity index (χ4n) is 5.40. The highest BCUT2D eigenvalue weighted by molar-refractivity contribution is 5.21. The molecule has 0 aromatic carbocycles. The number of rotatable bonds is 6. The van der Waals surface area contributed by atoms with E-state index in [4.69, 9.17) is 34.8 Å². The highest BCUT2D eigenvalue weighted by atomic mass is 19.1. The van der Waals surface area contributed by atoms with Crippen LogP contribution < -0.4 is 33.7 Å². The van der Waals surface area contributed by atoms with Crippen LogP contribution in [0, 0.1) is 24.1 Å². The van der Waals surface area contributed by atoms with Gasteiger partial charge >= 0.3 is 17.1 Å². The number of aliphatic hydroxyl groups excluding tert-OH is 6. The van der Waals surface area contributed by atoms with E-state index in [0.717, 1.165) is 21.5 Å². The van der Waals surface area contributed by atoms with E-state index < -0.39 is 101 Å². The van der Waals surface area contributed by atoms with Gasteiger partial charge < -0.3 is 44.8 Å². The molecule has 6 rings (SSSR count). The number of halogens is 1. The maximum atomic E-state index is 13.0. The van der Waals surface area contributed by atoms with Crippen molar-refractivity contribution >= 4 is 0 Å². The Morgan fingerprint density at radius 1 is 0.673 bits per heavy atom. The summed E-state index contributed by atoms with van der Waals surface area (Å²) in [7, 11) is 0. The minimum Gasteiger partial charge on any atom is -0.394 e. The van der Waals surface area contributed by atoms with Crippen molar-refractivity contribution in [1.82, 2.24) is 28.7 Å². The number of aliphatic hydroxyl groups is 6. The normalized spacial score (nSPS) is 28.0. The molecular formula is C29H36FN7O15. The molecule has 0 saturated carbocycles. The van der Waals surface area contributed by atoms with Crippen molar-refractivity contribution in [3.8, 4) is 6.07 Å². The molecule has 0 amide bonds. The smallest absolute Gasteiger partial charge is 0.330 e. The van der Waals surface area contributed by atoms with Gasteiger partial charge in [0.25, 0.3) is 16.7 Å². The maximum absolute atomic E-state index is 13.0. The molecule has 9 atom stereocenters. The van der Waals surface area contributed by atoms with Gasteiger partial charge in [0, 0.05) is 37.2 Å². The number of hydrogen-bond donors (Lipinski definition) is 9. The topological polar surface area (TPSA) is 337 Å². The van der Waals surface area contributed by atoms with Gasteiger partial charge in [-0.15, -0.1) is 0 Å². The summed E-state index contributed by atoms with van der Waals surface area (Å²) in [4.78, 5) is 73.7. The molecule has 3 aromatic rings. The van der Waals surface area contributed by atoms with E-state index in [1.807, 2.05) is 4.98 Å². The number of nitrogens with zero attached hydrogens (tertiary/aromatic N) is 4. The molecule has 3 unspecified atom stereocenters. The van der Waals surface area contributed by atoms with E-state index in [0.29, 0.717) is 5.56 Å². The average molecular weight is 742 g/mol. The first kappa shape index (κ1) is 39.9. The third kappa shape index (κ3) is 8.93. The Labute approximate surface area is 288 Å². The molecule has 3 saturated heterocycles. The van der Waals surface area contributed by atoms with Crippen molar-refractivity contribution in [3.05, 3.63) is 98.0 Å². The zero-order valence-electron chi connectivity index (χ0n) is 27.2. The van der Waals surface area contributed by atoms with Crippen LogP contribution in [-0.2, 0) is 14.2 Å². The second kappa shape index (κ2) is 17.1. The van der Waals surface area contributed by atoms with Gasteiger partial charge in [-0.05, 0) is 6.92 Å². The van der Waals surface area contributed by atoms with Crippen LogP contribution in [0.4, 0.5) is 4.39 Å². The fourth-order valence-corrected chi connectivity index (χ4v) is 5.40. The van der Waals surface area contributed by atoms with Crippen molar-refractivity contribution in [2.45, 2.75) is 81.5 Å². The molecule has 0 bridgehead atoms. The quantitative estimate of drug-likeness (QED) is 0.114. The van der Waals surface area contributed by atoms with Crippen LogP contribution in [0.5, 0.6) is 0 Å². The number of aromatic amines is 3. The van der Waals surface area contributed by atoms with Crippen molar-refractivity contribution < 1.29 is 49.2 Å². The van der Waals surface area contributed by atoms with Crippen LogP contribution in [-0.4, -0.2) is 116 Å². The highest BCUT2D eigenvalue weighted by Gasteiger charge is 2.37. The summed E-state index contributed by atoms with van der Waals surface area (Å²) in [5.74, 6) is -1.12. The minimum absolute atomic E-state index is 0.0383. The molecule has 52 heavy (non-hydrogen) atoms. The van der Waals surface area contributed by atoms with Gasteiger partial charge in [0.1, 0.15) is 48.6 Å². The third-order valence-corrected chi connectivity index (χ3v) is 8.24. The predicted octanol–water partition coefficient (Wildman–Crippen LogP) is -5.15. The third-order valence-electron chi connectivity index (χ3n) is 8.24. The van der Waals surface area contributed by atoms with Gasteiger partial charge in [-0.2, -0.15) is 9.65 Å². The number of ether oxygens (including phenoxy) is 3. The molecule has 23 heteroatoms. The largest absolute Gasteiger partial charge is 0.394 e. The van der Waals surface area contributed by atoms with Gasteiger partial charge in [-0.1, -0.05) is 0 Å². The Hall–Kier alpha value is -4.90. The number of hydrogen-bond acceptors (Lipinski definition) is 16. The van der Waals surface area contributed by atoms with Gasteiger partial charge in [-0.3, -0.25) is 43.0 Å². The van der Waals surface area contributed by atoms with Crippen LogP contribution >= 0.6 is 0 Å². The Morgan fingerprint density at radius 3 is 1.42 bits per heavy atom. The Bertz CT molecular complexity index is 2020. The highest BCUT2D eigenvalue weighted by Crippen LogP contribution is 2.29. The molecule has 0 aliphatic carbocycles. The standard InChI is InChI=1S/C10H11N3O5.C10H14N2O5.C9H11FN2O5/c11-2-5-3-13(10(17)12-9(5)16)8-1-6(15)7(4-14)18-8;1-5-3-12(10(16)11-9(5)15)8-2-6(14)7(4-13)17-8;10-4-2-12(9(16)11-8(4)15)7-1-5(14)6(3-13)17-7/h3,6-8,14-15H,1,4H2,(H,12,16,17);3,6-8,13-14H,2,4H2,1H3,(H,11,15,16);2,5-7,13-14H,1,3H2,(H,11,15,16)/t2*6?,7-,8-;5?,6-,7-/m000/s1. The lowest BCUT2D eigenvalue weighted by atomic mass is 10.2. The molecule has 0 spiro atoms. The van der Waals surface area contributed by atoms with Crippen LogP contribution in [0.1, 0.15) is 49.1 Å². The first-order valence-corrected chi connectivity index (χ1v) is 15.5. The van der Waals surface area contributed by atoms with Crippen molar-refractivity contribution in [1.29, 1.82) is 5.26 Å². The molecule has 3 aliphatic heterocycles. The SMILES string of the molecule is Cc1cn([C@@H]2CC(O)[C@H](CO)O2)c(=O)[nH]c1=O.N#Cc1cn([C@@H]2CC(O)[C@H](CO)O2)c(=O)[nH]c1=O.O=c1[nH]c(=O)n([C@@H]2CC(O)[C@H](CO)O2)cc1F. The maximum Gasteiger partial charge on any atom is 0.330 e. The first-order chi connectivity index (χ1) is 24.6. The number of aryl methyl sites for hydroxylation is 1. The van der Waals surface area contributed by atoms with Gasteiger partial charge in [-0.25, -0.2) is 14.4 Å². The lowest BCUT2D eigenvalue weighted by molar-refractivity contribution is -0.0462. The molecule has 3 aromatic heterocycles. The second-order valence-corrected chi connectivity index (χ2v) is 11.8. The van der Waals surface area contributed by atoms with E-state index in [2.05, 4.69) is 4.98 Å². The van der Waals surface area contributed by atoms with E-state index >= 15 is 0 Å². The van der Waals surface area contributed by atoms with E-state index in [9.17, 15) is 48.5 Å². The fraction of sp³-hybridized carbons (Fsp3) is 0.552. The molecule has 0 radical (unpaired) electrons. The van der Waals surface area contributed by atoms with Crippen molar-refractivity contribution in [3.63, 3.8) is 0 Å². The summed E-state index contributed by atoms with van der Waals surface area (Å²) in [6.45, 7) is 0.484. The van der Waals surface area contributed by atoms with Crippen molar-refractivity contribution in [2.75, 3.05) is 19.8 Å². The molecule has 6 heterocycles. The summed E-state index contributed by atoms with van der Waals surface area (Å²) in [6, 6.07) is 1.65. The molecule has 3 aliphatic rings. The number of nitriles is 1. The van der Waals surface area contributed by atoms with Crippen LogP contribution in [0.15, 0.2) is 47.4 Å². The van der Waals surface area contributed by atoms with Gasteiger partial charge in [0.05, 0.1) is 44.3 Å². The number of H-pyrrole nitrogens is 3. The monoisotopic (exact) mass is 741 g/mol. The molecule has 22 nitrogen and oxygen atoms in total. The van der Waals surface area contributed by atoms with E-state index in [1.54, 1.807) is 18.0 Å². The molecule has 9 N–H and O–H groups in total. The Kier molecular flexibility index (Phi) is 13.1. The van der Waals surface area contributed by atoms with Crippen LogP contribution in [0.25, 0.3) is 0 Å². The summed E-state index contributed by atoms with van der Waals surface area (Å²) in [6.07, 6.45) is -3.79. The zero-order chi connectivity index (χ0) is 38.4. The molecular weight excluding hydrogens is 705 g/mol. The predicted molar refractivity (Wildman–Crippen MR) is 168 cm³/mol. The summed E-state index contributed by atoms with van der Waals surface area (Å²) < 4.78 is 31.9. The summed E-state index contributed by atoms with van der Waals surface area (Å²) >= 11 is 0. The lowest BCUT2D eigenvalue weighted by Gasteiger charge is -2.14. The van der Waals surface area contributed by atoms with Gasteiger partial charge in [0.15, 0.2) is 0 Å². The van der Waals surface area contributed by atoms with Crippen molar-refractivity contribution in [2.24, 2.45) is 0 Å². The number of nitrogens with one attached hydrogen (secondary N) is 3. The summed E-state index contributed by atoms with van der Waals surface area (Å²) in [5.41, 5.74) is -4.29. The zero-order valence-corrected chi connectivity index (χ0v) is 27.2. The second-order valence-electron chi connectivity index (χ2n) is 11.8. The first-order valence-electron chi connectivity index (χ1n) is 15.5. The Morgan fingerprint density at radius 2 is 1.04 bits per heavy atom. The molecule has 284 valence electrons. The Balaban J connectivity index is 0.000000175. The van der Waals surface area contributed by atoms with E-state index in [-0.39, 0.29) is 38.0 Å².